The fourth-order valence-electron chi connectivity index (χ4n) is 1.93. The summed E-state index contributed by atoms with van der Waals surface area (Å²) in [6.07, 6.45) is 1.16. The highest BCUT2D eigenvalue weighted by Gasteiger charge is 2.39. The number of thioether (sulfide) groups is 1. The van der Waals surface area contributed by atoms with Crippen LogP contribution in [0.15, 0.2) is 5.16 Å². The minimum absolute atomic E-state index is 0.0328. The fourth-order valence-corrected chi connectivity index (χ4v) is 2.73. The van der Waals surface area contributed by atoms with Crippen LogP contribution < -0.4 is 0 Å². The highest BCUT2D eigenvalue weighted by molar-refractivity contribution is 7.99. The predicted molar refractivity (Wildman–Crippen MR) is 65.3 cm³/mol. The van der Waals surface area contributed by atoms with Crippen LogP contribution >= 0.6 is 11.8 Å². The predicted octanol–water partition coefficient (Wildman–Crippen LogP) is 2.16. The Morgan fingerprint density at radius 3 is 2.71 bits per heavy atom. The topological polar surface area (TPSA) is 68.0 Å². The summed E-state index contributed by atoms with van der Waals surface area (Å²) in [5.74, 6) is 1.40. The average molecular weight is 255 g/mol. The summed E-state index contributed by atoms with van der Waals surface area (Å²) in [4.78, 5) is 10.6. The lowest BCUT2D eigenvalue weighted by molar-refractivity contribution is -0.133. The first-order chi connectivity index (χ1) is 8.00. The van der Waals surface area contributed by atoms with E-state index in [1.165, 1.54) is 11.8 Å². The molecular weight excluding hydrogens is 238 g/mol. The minimum Gasteiger partial charge on any atom is -0.481 e. The van der Waals surface area contributed by atoms with Gasteiger partial charge in [0.15, 0.2) is 5.16 Å². The zero-order valence-electron chi connectivity index (χ0n) is 10.3. The molecule has 1 aliphatic carbocycles. The van der Waals surface area contributed by atoms with Crippen molar-refractivity contribution in [3.63, 3.8) is 0 Å². The molecule has 1 saturated carbocycles. The highest BCUT2D eigenvalue weighted by Crippen LogP contribution is 2.47. The third-order valence-electron chi connectivity index (χ3n) is 2.97. The van der Waals surface area contributed by atoms with Crippen LogP contribution in [-0.4, -0.2) is 31.6 Å². The molecule has 94 valence electrons. The first kappa shape index (κ1) is 12.4. The molecule has 6 heteroatoms. The molecule has 1 aromatic rings. The van der Waals surface area contributed by atoms with E-state index in [1.807, 2.05) is 0 Å². The quantitative estimate of drug-likeness (QED) is 0.817. The Hall–Kier alpha value is -1.04. The molecule has 1 aromatic heterocycles. The summed E-state index contributed by atoms with van der Waals surface area (Å²) in [7, 11) is 0. The van der Waals surface area contributed by atoms with Crippen LogP contribution in [0.25, 0.3) is 0 Å². The van der Waals surface area contributed by atoms with Gasteiger partial charge in [0, 0.05) is 12.0 Å². The van der Waals surface area contributed by atoms with Gasteiger partial charge in [-0.25, -0.2) is 0 Å². The van der Waals surface area contributed by atoms with E-state index in [-0.39, 0.29) is 11.8 Å². The summed E-state index contributed by atoms with van der Waals surface area (Å²) in [5.41, 5.74) is 0. The number of hydrogen-bond acceptors (Lipinski definition) is 4. The average Bonchev–Trinajstić information content (AvgIpc) is 2.80. The standard InChI is InChI=1S/C11H17N3O2S/c1-6(2)14-10(8-4-7(8)3)12-13-11(14)17-5-9(15)16/h6-8H,4-5H2,1-3H3,(H,15,16). The summed E-state index contributed by atoms with van der Waals surface area (Å²) in [6, 6.07) is 0.268. The summed E-state index contributed by atoms with van der Waals surface area (Å²) >= 11 is 1.24. The van der Waals surface area contributed by atoms with Crippen LogP contribution in [0.4, 0.5) is 0 Å². The van der Waals surface area contributed by atoms with E-state index in [4.69, 9.17) is 5.11 Å². The van der Waals surface area contributed by atoms with E-state index >= 15 is 0 Å². The number of carbonyl (C=O) groups is 1. The van der Waals surface area contributed by atoms with Crippen LogP contribution in [0.2, 0.25) is 0 Å². The highest BCUT2D eigenvalue weighted by atomic mass is 32.2. The summed E-state index contributed by atoms with van der Waals surface area (Å²) in [5, 5.41) is 17.8. The molecule has 17 heavy (non-hydrogen) atoms. The molecule has 0 spiro atoms. The van der Waals surface area contributed by atoms with Crippen molar-refractivity contribution in [3.8, 4) is 0 Å². The minimum atomic E-state index is -0.824. The number of rotatable bonds is 5. The maximum atomic E-state index is 10.6. The molecule has 2 atom stereocenters. The SMILES string of the molecule is CC1CC1c1nnc(SCC(=O)O)n1C(C)C. The number of aliphatic carboxylic acids is 1. The Balaban J connectivity index is 2.20. The first-order valence-corrected chi connectivity index (χ1v) is 6.78. The van der Waals surface area contributed by atoms with Crippen molar-refractivity contribution < 1.29 is 9.90 Å². The molecule has 0 radical (unpaired) electrons. The molecule has 5 nitrogen and oxygen atoms in total. The van der Waals surface area contributed by atoms with E-state index in [0.29, 0.717) is 11.8 Å². The zero-order valence-corrected chi connectivity index (χ0v) is 11.1. The van der Waals surface area contributed by atoms with Crippen LogP contribution in [0.1, 0.15) is 45.0 Å². The Morgan fingerprint density at radius 2 is 2.24 bits per heavy atom. The number of aromatic nitrogens is 3. The van der Waals surface area contributed by atoms with E-state index in [0.717, 1.165) is 17.4 Å². The Labute approximate surface area is 105 Å². The van der Waals surface area contributed by atoms with Crippen LogP contribution in [0.3, 0.4) is 0 Å². The smallest absolute Gasteiger partial charge is 0.313 e. The second-order valence-electron chi connectivity index (χ2n) is 4.81. The largest absolute Gasteiger partial charge is 0.481 e. The Kier molecular flexibility index (Phi) is 3.42. The lowest BCUT2D eigenvalue weighted by Gasteiger charge is -2.12. The molecule has 1 N–H and O–H groups in total. The van der Waals surface area contributed by atoms with Gasteiger partial charge < -0.3 is 9.67 Å². The molecule has 1 aliphatic rings. The molecule has 2 unspecified atom stereocenters. The van der Waals surface area contributed by atoms with Gasteiger partial charge >= 0.3 is 5.97 Å². The normalized spacial score (nSPS) is 23.1. The second-order valence-corrected chi connectivity index (χ2v) is 5.75. The first-order valence-electron chi connectivity index (χ1n) is 5.80. The number of carboxylic acid groups (broad SMARTS) is 1. The number of carboxylic acids is 1. The maximum absolute atomic E-state index is 10.6. The van der Waals surface area contributed by atoms with Crippen molar-refractivity contribution in [1.82, 2.24) is 14.8 Å². The van der Waals surface area contributed by atoms with E-state index in [1.54, 1.807) is 0 Å². The molecule has 1 heterocycles. The molecule has 0 saturated heterocycles. The van der Waals surface area contributed by atoms with Crippen molar-refractivity contribution in [2.45, 2.75) is 44.3 Å². The van der Waals surface area contributed by atoms with Crippen molar-refractivity contribution in [2.24, 2.45) is 5.92 Å². The molecule has 0 bridgehead atoms. The second kappa shape index (κ2) is 4.68. The van der Waals surface area contributed by atoms with E-state index < -0.39 is 5.97 Å². The van der Waals surface area contributed by atoms with Crippen LogP contribution in [0.5, 0.6) is 0 Å². The Bertz CT molecular complexity index is 430. The summed E-state index contributed by atoms with van der Waals surface area (Å²) in [6.45, 7) is 6.35. The molecule has 0 aromatic carbocycles. The molecule has 1 fully saturated rings. The fraction of sp³-hybridized carbons (Fsp3) is 0.727. The van der Waals surface area contributed by atoms with Crippen molar-refractivity contribution in [3.05, 3.63) is 5.82 Å². The van der Waals surface area contributed by atoms with Gasteiger partial charge in [-0.3, -0.25) is 4.79 Å². The number of nitrogens with zero attached hydrogens (tertiary/aromatic N) is 3. The number of hydrogen-bond donors (Lipinski definition) is 1. The van der Waals surface area contributed by atoms with Gasteiger partial charge in [0.1, 0.15) is 5.82 Å². The lowest BCUT2D eigenvalue weighted by atomic mass is 10.3. The molecule has 0 amide bonds. The summed E-state index contributed by atoms with van der Waals surface area (Å²) < 4.78 is 2.07. The van der Waals surface area contributed by atoms with Gasteiger partial charge in [0.05, 0.1) is 5.75 Å². The van der Waals surface area contributed by atoms with Gasteiger partial charge in [-0.05, 0) is 26.2 Å². The van der Waals surface area contributed by atoms with Gasteiger partial charge in [-0.1, -0.05) is 18.7 Å². The van der Waals surface area contributed by atoms with Gasteiger partial charge in [0.25, 0.3) is 0 Å². The van der Waals surface area contributed by atoms with Crippen molar-refractivity contribution in [1.29, 1.82) is 0 Å². The molecule has 2 rings (SSSR count). The van der Waals surface area contributed by atoms with Crippen LogP contribution in [0, 0.1) is 5.92 Å². The monoisotopic (exact) mass is 255 g/mol. The Morgan fingerprint density at radius 1 is 1.59 bits per heavy atom. The maximum Gasteiger partial charge on any atom is 0.313 e. The third-order valence-corrected chi connectivity index (χ3v) is 3.90. The van der Waals surface area contributed by atoms with E-state index in [2.05, 4.69) is 35.5 Å². The van der Waals surface area contributed by atoms with Gasteiger partial charge in [-0.2, -0.15) is 0 Å². The van der Waals surface area contributed by atoms with Crippen molar-refractivity contribution >= 4 is 17.7 Å². The molecular formula is C11H17N3O2S. The van der Waals surface area contributed by atoms with Gasteiger partial charge in [-0.15, -0.1) is 10.2 Å². The zero-order chi connectivity index (χ0) is 12.6. The van der Waals surface area contributed by atoms with Crippen molar-refractivity contribution in [2.75, 3.05) is 5.75 Å². The third kappa shape index (κ3) is 2.62. The molecule has 0 aliphatic heterocycles. The van der Waals surface area contributed by atoms with E-state index in [9.17, 15) is 4.79 Å². The van der Waals surface area contributed by atoms with Gasteiger partial charge in [0.2, 0.25) is 0 Å². The lowest BCUT2D eigenvalue weighted by Crippen LogP contribution is -2.08. The van der Waals surface area contributed by atoms with Crippen LogP contribution in [-0.2, 0) is 4.79 Å².